The summed E-state index contributed by atoms with van der Waals surface area (Å²) in [5.74, 6) is 4.63. The van der Waals surface area contributed by atoms with Crippen LogP contribution < -0.4 is 16.0 Å². The van der Waals surface area contributed by atoms with Crippen LogP contribution in [0.1, 0.15) is 127 Å². The van der Waals surface area contributed by atoms with E-state index in [9.17, 15) is 13.9 Å². The molecule has 6 aromatic rings. The molecule has 0 amide bonds. The van der Waals surface area contributed by atoms with E-state index in [-0.39, 0.29) is 17.6 Å². The van der Waals surface area contributed by atoms with Crippen LogP contribution in [0.4, 0.5) is 20.4 Å². The molecule has 0 spiro atoms. The van der Waals surface area contributed by atoms with Gasteiger partial charge in [0.15, 0.2) is 23.3 Å². The number of aromatic nitrogens is 4. The molecule has 13 heteroatoms. The monoisotopic (exact) mass is 913 g/mol. The zero-order chi connectivity index (χ0) is 46.2. The van der Waals surface area contributed by atoms with Crippen LogP contribution in [-0.2, 0) is 0 Å². The third kappa shape index (κ3) is 12.3. The molecule has 4 N–H and O–H groups in total. The van der Waals surface area contributed by atoms with E-state index in [1.807, 2.05) is 50.5 Å². The van der Waals surface area contributed by atoms with Crippen molar-refractivity contribution in [2.24, 2.45) is 0 Å². The van der Waals surface area contributed by atoms with Crippen molar-refractivity contribution in [2.75, 3.05) is 43.4 Å². The van der Waals surface area contributed by atoms with E-state index in [0.29, 0.717) is 30.3 Å². The number of aliphatic hydroxyl groups is 1. The molecule has 0 radical (unpaired) electrons. The first-order valence-corrected chi connectivity index (χ1v) is 24.7. The van der Waals surface area contributed by atoms with Crippen molar-refractivity contribution in [2.45, 2.75) is 133 Å². The quantitative estimate of drug-likeness (QED) is 0.0934. The van der Waals surface area contributed by atoms with Gasteiger partial charge in [0.1, 0.15) is 34.7 Å². The summed E-state index contributed by atoms with van der Waals surface area (Å²) in [5, 5.41) is 20.8. The van der Waals surface area contributed by atoms with Gasteiger partial charge < -0.3 is 34.8 Å². The second kappa shape index (κ2) is 21.6. The molecule has 11 nitrogen and oxygen atoms in total. The van der Waals surface area contributed by atoms with E-state index in [0.717, 1.165) is 115 Å². The number of nitrogens with zero attached hydrogens (tertiary/aromatic N) is 5. The molecule has 0 atom stereocenters. The van der Waals surface area contributed by atoms with Gasteiger partial charge in [0, 0.05) is 65.1 Å². The summed E-state index contributed by atoms with van der Waals surface area (Å²) < 4.78 is 40.1. The van der Waals surface area contributed by atoms with Crippen molar-refractivity contribution >= 4 is 11.6 Å². The van der Waals surface area contributed by atoms with Crippen molar-refractivity contribution in [3.63, 3.8) is 0 Å². The number of oxazole rings is 2. The molecule has 10 rings (SSSR count). The van der Waals surface area contributed by atoms with Gasteiger partial charge in [-0.25, -0.2) is 28.7 Å². The van der Waals surface area contributed by atoms with Crippen molar-refractivity contribution < 1.29 is 22.7 Å². The maximum absolute atomic E-state index is 13.7. The molecular formula is C54H66F2N8O3. The Hall–Kier alpha value is -5.50. The zero-order valence-corrected chi connectivity index (χ0v) is 39.1. The molecule has 4 aliphatic rings. The number of anilines is 2. The highest BCUT2D eigenvalue weighted by molar-refractivity contribution is 5.79. The van der Waals surface area contributed by atoms with Gasteiger partial charge in [-0.15, -0.1) is 0 Å². The van der Waals surface area contributed by atoms with Crippen molar-refractivity contribution in [1.82, 2.24) is 30.2 Å². The molecule has 2 saturated carbocycles. The van der Waals surface area contributed by atoms with Crippen molar-refractivity contribution in [3.8, 4) is 45.2 Å². The fraction of sp³-hybridized carbons (Fsp3) is 0.481. The fourth-order valence-corrected chi connectivity index (χ4v) is 10.2. The van der Waals surface area contributed by atoms with Crippen LogP contribution in [0.25, 0.3) is 45.2 Å². The van der Waals surface area contributed by atoms with Gasteiger partial charge >= 0.3 is 0 Å². The van der Waals surface area contributed by atoms with E-state index in [1.165, 1.54) is 88.5 Å². The Balaban J connectivity index is 0.000000170. The Morgan fingerprint density at radius 3 is 1.46 bits per heavy atom. The predicted molar refractivity (Wildman–Crippen MR) is 261 cm³/mol. The van der Waals surface area contributed by atoms with Gasteiger partial charge in [-0.2, -0.15) is 0 Å². The first kappa shape index (κ1) is 46.6. The highest BCUT2D eigenvalue weighted by Gasteiger charge is 2.30. The largest absolute Gasteiger partial charge is 0.440 e. The number of rotatable bonds is 12. The number of hydrogen-bond donors (Lipinski definition) is 4. The SMILES string of the molecule is CC(C)(O)CN1CCC(c2nc(-c3ccc(F)cc3)c(-c3ccnc(NC4CCCCC4)c3)o2)CC1.Fc1ccc(-c2nc(C3CCNCC3)oc2-c2ccnc(NC3CCCCC3)c2)cc1. The minimum Gasteiger partial charge on any atom is -0.440 e. The van der Waals surface area contributed by atoms with Crippen LogP contribution >= 0.6 is 0 Å². The van der Waals surface area contributed by atoms with Gasteiger partial charge in [-0.05, 0) is 164 Å². The number of likely N-dealkylation sites (tertiary alicyclic amines) is 1. The van der Waals surface area contributed by atoms with E-state index in [2.05, 4.69) is 30.8 Å². The number of hydrogen-bond acceptors (Lipinski definition) is 11. The van der Waals surface area contributed by atoms with Crippen LogP contribution in [0.15, 0.2) is 94.0 Å². The predicted octanol–water partition coefficient (Wildman–Crippen LogP) is 12.0. The lowest BCUT2D eigenvalue weighted by atomic mass is 9.95. The smallest absolute Gasteiger partial charge is 0.198 e. The van der Waals surface area contributed by atoms with E-state index < -0.39 is 5.60 Å². The molecule has 2 saturated heterocycles. The van der Waals surface area contributed by atoms with Gasteiger partial charge in [0.25, 0.3) is 0 Å². The Kier molecular flexibility index (Phi) is 15.0. The normalized spacial score (nSPS) is 18.3. The summed E-state index contributed by atoms with van der Waals surface area (Å²) in [6.07, 6.45) is 19.9. The number of benzene rings is 2. The van der Waals surface area contributed by atoms with Crippen LogP contribution in [0.3, 0.4) is 0 Å². The van der Waals surface area contributed by atoms with Crippen LogP contribution in [0.5, 0.6) is 0 Å². The Labute approximate surface area is 393 Å². The third-order valence-corrected chi connectivity index (χ3v) is 13.7. The molecule has 0 unspecified atom stereocenters. The molecule has 0 bridgehead atoms. The second-order valence-corrected chi connectivity index (χ2v) is 19.7. The van der Waals surface area contributed by atoms with Gasteiger partial charge in [0.05, 0.1) is 5.60 Å². The van der Waals surface area contributed by atoms with Gasteiger partial charge in [0.2, 0.25) is 0 Å². The molecule has 354 valence electrons. The summed E-state index contributed by atoms with van der Waals surface area (Å²) in [6.45, 7) is 8.08. The average molecular weight is 913 g/mol. The topological polar surface area (TPSA) is 137 Å². The van der Waals surface area contributed by atoms with Crippen molar-refractivity contribution in [1.29, 1.82) is 0 Å². The van der Waals surface area contributed by atoms with E-state index >= 15 is 0 Å². The lowest BCUT2D eigenvalue weighted by Gasteiger charge is -2.34. The van der Waals surface area contributed by atoms with Crippen LogP contribution in [0.2, 0.25) is 0 Å². The minimum absolute atomic E-state index is 0.206. The standard InChI is InChI=1S/C29H37FN4O2.C25H29FN4O/c1-29(2,35)19-34-16-13-21(14-17-34)28-33-26(20-8-10-23(30)11-9-20)27(36-28)22-12-15-31-25(18-22)32-24-6-4-3-5-7-24;26-20-8-6-17(7-9-20)23-24(31-25(30-23)18-10-13-27-14-11-18)19-12-15-28-22(16-19)29-21-4-2-1-3-5-21/h8-12,15,18,21,24,35H,3-7,13-14,16-17,19H2,1-2H3,(H,31,32);6-9,12,15-16,18,21,27H,1-5,10-11,13-14H2,(H,28,29). The Bertz CT molecular complexity index is 2490. The number of pyridine rings is 2. The summed E-state index contributed by atoms with van der Waals surface area (Å²) >= 11 is 0. The Morgan fingerprint density at radius 2 is 1.03 bits per heavy atom. The maximum atomic E-state index is 13.7. The lowest BCUT2D eigenvalue weighted by Crippen LogP contribution is -2.42. The number of nitrogens with one attached hydrogen (secondary N) is 3. The first-order valence-electron chi connectivity index (χ1n) is 24.7. The molecule has 67 heavy (non-hydrogen) atoms. The number of β-amino-alcohol motifs (C(OH)–C–C–N with tert-alkyl or cyclic N) is 1. The molecule has 4 fully saturated rings. The lowest BCUT2D eigenvalue weighted by molar-refractivity contribution is 0.0273. The van der Waals surface area contributed by atoms with Crippen molar-refractivity contribution in [3.05, 3.63) is 109 Å². The molecule has 2 aliphatic heterocycles. The highest BCUT2D eigenvalue weighted by Crippen LogP contribution is 2.40. The number of piperidine rings is 2. The van der Waals surface area contributed by atoms with E-state index in [4.69, 9.17) is 18.8 Å². The van der Waals surface area contributed by atoms with Gasteiger partial charge in [-0.3, -0.25) is 0 Å². The molecule has 2 aliphatic carbocycles. The third-order valence-electron chi connectivity index (χ3n) is 13.7. The molecular weight excluding hydrogens is 847 g/mol. The Morgan fingerprint density at radius 1 is 0.597 bits per heavy atom. The van der Waals surface area contributed by atoms with Crippen LogP contribution in [0, 0.1) is 11.6 Å². The maximum Gasteiger partial charge on any atom is 0.198 e. The van der Waals surface area contributed by atoms with E-state index in [1.54, 1.807) is 24.3 Å². The first-order chi connectivity index (χ1) is 32.6. The zero-order valence-electron chi connectivity index (χ0n) is 39.1. The minimum atomic E-state index is -0.705. The molecule has 4 aromatic heterocycles. The molecule has 6 heterocycles. The average Bonchev–Trinajstić information content (AvgIpc) is 4.00. The van der Waals surface area contributed by atoms with Crippen LogP contribution in [-0.4, -0.2) is 80.4 Å². The molecule has 2 aromatic carbocycles. The number of halogens is 2. The fourth-order valence-electron chi connectivity index (χ4n) is 10.2. The summed E-state index contributed by atoms with van der Waals surface area (Å²) in [4.78, 5) is 21.3. The highest BCUT2D eigenvalue weighted by atomic mass is 19.1. The summed E-state index contributed by atoms with van der Waals surface area (Å²) in [6, 6.07) is 21.9. The summed E-state index contributed by atoms with van der Waals surface area (Å²) in [5.41, 5.74) is 4.35. The second-order valence-electron chi connectivity index (χ2n) is 19.7. The summed E-state index contributed by atoms with van der Waals surface area (Å²) in [7, 11) is 0. The van der Waals surface area contributed by atoms with Gasteiger partial charge in [-0.1, -0.05) is 38.5 Å².